The van der Waals surface area contributed by atoms with E-state index < -0.39 is 0 Å². The average molecular weight is 195 g/mol. The fraction of sp³-hybridized carbons (Fsp3) is 0.917. The van der Waals surface area contributed by atoms with Crippen LogP contribution in [0, 0.1) is 16.7 Å². The number of Topliss-reactive ketones (excluding diaryl/α,β-unsaturated/α-hetero) is 1. The van der Waals surface area contributed by atoms with Gasteiger partial charge in [-0.1, -0.05) is 20.8 Å². The molecule has 2 rings (SSSR count). The molecule has 3 atom stereocenters. The zero-order valence-corrected chi connectivity index (χ0v) is 9.68. The van der Waals surface area contributed by atoms with Crippen molar-refractivity contribution in [3.05, 3.63) is 0 Å². The Hall–Kier alpha value is -0.370. The van der Waals surface area contributed by atoms with E-state index in [0.29, 0.717) is 11.2 Å². The third kappa shape index (κ3) is 1.04. The van der Waals surface area contributed by atoms with Crippen LogP contribution in [-0.2, 0) is 4.79 Å². The van der Waals surface area contributed by atoms with Gasteiger partial charge in [0, 0.05) is 0 Å². The number of ketones is 1. The summed E-state index contributed by atoms with van der Waals surface area (Å²) in [6.45, 7) is 9.69. The van der Waals surface area contributed by atoms with E-state index in [1.165, 1.54) is 12.8 Å². The van der Waals surface area contributed by atoms with Crippen molar-refractivity contribution >= 4 is 5.78 Å². The van der Waals surface area contributed by atoms with Crippen molar-refractivity contribution < 1.29 is 4.79 Å². The Bertz CT molecular complexity index is 271. The molecule has 2 aliphatic rings. The molecular formula is C12H21NO. The number of fused-ring (bicyclic) bond motifs is 2. The van der Waals surface area contributed by atoms with E-state index in [1.807, 2.05) is 0 Å². The van der Waals surface area contributed by atoms with E-state index in [2.05, 4.69) is 26.1 Å². The van der Waals surface area contributed by atoms with Gasteiger partial charge >= 0.3 is 0 Å². The topological polar surface area (TPSA) is 29.1 Å². The first-order valence-corrected chi connectivity index (χ1v) is 5.63. The highest BCUT2D eigenvalue weighted by atomic mass is 16.1. The molecule has 2 nitrogen and oxygen atoms in total. The summed E-state index contributed by atoms with van der Waals surface area (Å²) in [4.78, 5) is 11.6. The maximum absolute atomic E-state index is 11.6. The van der Waals surface area contributed by atoms with Crippen molar-refractivity contribution in [3.63, 3.8) is 0 Å². The molecule has 14 heavy (non-hydrogen) atoms. The predicted molar refractivity (Wildman–Crippen MR) is 57.1 cm³/mol. The lowest BCUT2D eigenvalue weighted by Gasteiger charge is -2.50. The van der Waals surface area contributed by atoms with E-state index in [4.69, 9.17) is 0 Å². The number of carbonyl (C=O) groups excluding carboxylic acids is 1. The summed E-state index contributed by atoms with van der Waals surface area (Å²) >= 11 is 0. The summed E-state index contributed by atoms with van der Waals surface area (Å²) in [5, 5.41) is 3.43. The fourth-order valence-corrected chi connectivity index (χ4v) is 3.57. The fourth-order valence-electron chi connectivity index (χ4n) is 3.57. The van der Waals surface area contributed by atoms with Gasteiger partial charge in [-0.25, -0.2) is 0 Å². The van der Waals surface area contributed by atoms with Crippen LogP contribution in [0.2, 0.25) is 0 Å². The van der Waals surface area contributed by atoms with Gasteiger partial charge in [0.1, 0.15) is 5.78 Å². The van der Waals surface area contributed by atoms with Crippen molar-refractivity contribution in [1.29, 1.82) is 0 Å². The second kappa shape index (κ2) is 2.82. The molecule has 1 aliphatic carbocycles. The molecule has 1 saturated heterocycles. The standard InChI is InChI=1S/C12H21NO/c1-8(14)10-12(4)6-5-9(7-13-10)11(12,2)3/h9-10,13H,5-7H2,1-4H3/t9?,10?,12-/m0/s1. The molecule has 2 heteroatoms. The van der Waals surface area contributed by atoms with Crippen LogP contribution in [0.15, 0.2) is 0 Å². The minimum absolute atomic E-state index is 0.0799. The van der Waals surface area contributed by atoms with Gasteiger partial charge in [-0.2, -0.15) is 0 Å². The van der Waals surface area contributed by atoms with E-state index in [1.54, 1.807) is 6.92 Å². The highest BCUT2D eigenvalue weighted by molar-refractivity contribution is 5.82. The maximum Gasteiger partial charge on any atom is 0.147 e. The smallest absolute Gasteiger partial charge is 0.147 e. The van der Waals surface area contributed by atoms with Crippen LogP contribution in [0.3, 0.4) is 0 Å². The molecule has 2 fully saturated rings. The summed E-state index contributed by atoms with van der Waals surface area (Å²) in [6, 6.07) is 0.0799. The lowest BCUT2D eigenvalue weighted by atomic mass is 9.59. The first kappa shape index (κ1) is 10.2. The lowest BCUT2D eigenvalue weighted by Crippen LogP contribution is -2.59. The zero-order valence-electron chi connectivity index (χ0n) is 9.68. The van der Waals surface area contributed by atoms with Gasteiger partial charge in [-0.15, -0.1) is 0 Å². The number of rotatable bonds is 1. The van der Waals surface area contributed by atoms with Crippen LogP contribution in [0.4, 0.5) is 0 Å². The van der Waals surface area contributed by atoms with Crippen LogP contribution in [0.1, 0.15) is 40.5 Å². The molecule has 2 unspecified atom stereocenters. The van der Waals surface area contributed by atoms with Crippen molar-refractivity contribution in [2.75, 3.05) is 6.54 Å². The van der Waals surface area contributed by atoms with Crippen molar-refractivity contribution in [3.8, 4) is 0 Å². The largest absolute Gasteiger partial charge is 0.307 e. The van der Waals surface area contributed by atoms with Crippen molar-refractivity contribution in [1.82, 2.24) is 5.32 Å². The van der Waals surface area contributed by atoms with Crippen LogP contribution in [0.25, 0.3) is 0 Å². The monoisotopic (exact) mass is 195 g/mol. The first-order valence-electron chi connectivity index (χ1n) is 5.63. The van der Waals surface area contributed by atoms with Gasteiger partial charge < -0.3 is 5.32 Å². The van der Waals surface area contributed by atoms with E-state index in [9.17, 15) is 4.79 Å². The maximum atomic E-state index is 11.6. The van der Waals surface area contributed by atoms with Gasteiger partial charge in [-0.3, -0.25) is 4.79 Å². The summed E-state index contributed by atoms with van der Waals surface area (Å²) < 4.78 is 0. The Balaban J connectivity index is 2.38. The Kier molecular flexibility index (Phi) is 2.04. The molecule has 0 aromatic rings. The van der Waals surface area contributed by atoms with E-state index >= 15 is 0 Å². The minimum Gasteiger partial charge on any atom is -0.307 e. The SMILES string of the molecule is CC(=O)C1NCC2CC[C@]1(C)C2(C)C. The quantitative estimate of drug-likeness (QED) is 0.693. The predicted octanol–water partition coefficient (Wildman–Crippen LogP) is 1.99. The van der Waals surface area contributed by atoms with Crippen LogP contribution in [0.5, 0.6) is 0 Å². The number of carbonyl (C=O) groups is 1. The second-order valence-corrected chi connectivity index (χ2v) is 5.83. The van der Waals surface area contributed by atoms with Gasteiger partial charge in [-0.05, 0) is 43.1 Å². The number of nitrogens with one attached hydrogen (secondary N) is 1. The number of hydrogen-bond acceptors (Lipinski definition) is 2. The molecule has 0 amide bonds. The third-order valence-electron chi connectivity index (χ3n) is 5.12. The molecule has 80 valence electrons. The number of piperidine rings is 1. The molecular weight excluding hydrogens is 174 g/mol. The summed E-state index contributed by atoms with van der Waals surface area (Å²) in [7, 11) is 0. The Morgan fingerprint density at radius 3 is 2.57 bits per heavy atom. The molecule has 0 aromatic carbocycles. The van der Waals surface area contributed by atoms with Gasteiger partial charge in [0.15, 0.2) is 0 Å². The van der Waals surface area contributed by atoms with E-state index in [0.717, 1.165) is 12.5 Å². The first-order chi connectivity index (χ1) is 6.39. The molecule has 1 aliphatic heterocycles. The van der Waals surface area contributed by atoms with Crippen molar-refractivity contribution in [2.45, 2.75) is 46.6 Å². The van der Waals surface area contributed by atoms with Crippen molar-refractivity contribution in [2.24, 2.45) is 16.7 Å². The van der Waals surface area contributed by atoms with Gasteiger partial charge in [0.05, 0.1) is 6.04 Å². The lowest BCUT2D eigenvalue weighted by molar-refractivity contribution is -0.126. The van der Waals surface area contributed by atoms with E-state index in [-0.39, 0.29) is 11.5 Å². The van der Waals surface area contributed by atoms with Crippen LogP contribution >= 0.6 is 0 Å². The van der Waals surface area contributed by atoms with Gasteiger partial charge in [0.25, 0.3) is 0 Å². The van der Waals surface area contributed by atoms with Crippen LogP contribution in [-0.4, -0.2) is 18.4 Å². The molecule has 1 heterocycles. The Morgan fingerprint density at radius 1 is 1.36 bits per heavy atom. The summed E-state index contributed by atoms with van der Waals surface area (Å²) in [5.74, 6) is 1.06. The zero-order chi connectivity index (χ0) is 10.6. The Morgan fingerprint density at radius 2 is 2.00 bits per heavy atom. The molecule has 0 aromatic heterocycles. The summed E-state index contributed by atoms with van der Waals surface area (Å²) in [5.41, 5.74) is 0.482. The third-order valence-corrected chi connectivity index (χ3v) is 5.12. The molecule has 0 radical (unpaired) electrons. The highest BCUT2D eigenvalue weighted by Gasteiger charge is 2.58. The van der Waals surface area contributed by atoms with Gasteiger partial charge in [0.2, 0.25) is 0 Å². The minimum atomic E-state index is 0.0799. The normalized spacial score (nSPS) is 45.1. The molecule has 2 bridgehead atoms. The molecule has 1 N–H and O–H groups in total. The molecule has 1 saturated carbocycles. The highest BCUT2D eigenvalue weighted by Crippen LogP contribution is 2.59. The Labute approximate surface area is 86.5 Å². The van der Waals surface area contributed by atoms with Crippen LogP contribution < -0.4 is 5.32 Å². The number of hydrogen-bond donors (Lipinski definition) is 1. The average Bonchev–Trinajstić information content (AvgIpc) is 2.26. The summed E-state index contributed by atoms with van der Waals surface area (Å²) in [6.07, 6.45) is 2.47. The molecule has 0 spiro atoms. The second-order valence-electron chi connectivity index (χ2n) is 5.83.